The monoisotopic (exact) mass is 462 g/mol. The van der Waals surface area contributed by atoms with Gasteiger partial charge in [-0.2, -0.15) is 0 Å². The summed E-state index contributed by atoms with van der Waals surface area (Å²) in [5, 5.41) is 22.2. The Morgan fingerprint density at radius 2 is 1.71 bits per heavy atom. The summed E-state index contributed by atoms with van der Waals surface area (Å²) in [6.07, 6.45) is -1.28. The van der Waals surface area contributed by atoms with Crippen LogP contribution in [-0.2, 0) is 19.0 Å². The van der Waals surface area contributed by atoms with E-state index in [-0.39, 0.29) is 17.8 Å². The molecule has 3 heterocycles. The summed E-state index contributed by atoms with van der Waals surface area (Å²) >= 11 is 3.82. The van der Waals surface area contributed by atoms with Crippen molar-refractivity contribution in [3.8, 4) is 0 Å². The number of fused-ring (bicyclic) bond motifs is 3. The van der Waals surface area contributed by atoms with E-state index >= 15 is 0 Å². The molecule has 6 nitrogen and oxygen atoms in total. The van der Waals surface area contributed by atoms with Crippen molar-refractivity contribution in [3.05, 3.63) is 0 Å². The van der Waals surface area contributed by atoms with Gasteiger partial charge in [-0.3, -0.25) is 4.79 Å². The first-order valence-electron chi connectivity index (χ1n) is 10.4. The largest absolute Gasteiger partial charge is 0.462 e. The third kappa shape index (κ3) is 3.08. The topological polar surface area (TPSA) is 85.2 Å². The molecule has 0 saturated carbocycles. The van der Waals surface area contributed by atoms with Gasteiger partial charge in [0, 0.05) is 17.8 Å². The number of rotatable bonds is 1. The highest BCUT2D eigenvalue weighted by molar-refractivity contribution is 9.10. The van der Waals surface area contributed by atoms with E-state index in [1.807, 2.05) is 41.5 Å². The molecule has 162 valence electrons. The van der Waals surface area contributed by atoms with Crippen LogP contribution in [0.15, 0.2) is 0 Å². The van der Waals surface area contributed by atoms with Gasteiger partial charge >= 0.3 is 5.97 Å². The third-order valence-electron chi connectivity index (χ3n) is 7.51. The molecule has 28 heavy (non-hydrogen) atoms. The predicted octanol–water partition coefficient (Wildman–Crippen LogP) is 3.02. The van der Waals surface area contributed by atoms with Gasteiger partial charge in [0.1, 0.15) is 6.10 Å². The zero-order valence-corrected chi connectivity index (χ0v) is 19.5. The van der Waals surface area contributed by atoms with Crippen LogP contribution in [0.1, 0.15) is 61.3 Å². The SMILES string of the molecule is CC[C@H]1OC(=O)[C@H](C)[C@@H](O)[C@H](C)[C@H]2O[C@]3(O[C@]2(C)C[C@]3(C)Br)[C@H](C)[C@@H](O)[C@H]1C. The molecule has 7 heteroatoms. The van der Waals surface area contributed by atoms with Crippen molar-refractivity contribution < 1.29 is 29.2 Å². The summed E-state index contributed by atoms with van der Waals surface area (Å²) in [7, 11) is 0. The van der Waals surface area contributed by atoms with E-state index in [9.17, 15) is 15.0 Å². The van der Waals surface area contributed by atoms with Crippen LogP contribution in [0.3, 0.4) is 0 Å². The predicted molar refractivity (Wildman–Crippen MR) is 108 cm³/mol. The fourth-order valence-electron chi connectivity index (χ4n) is 5.72. The Balaban J connectivity index is 2.09. The molecule has 3 fully saturated rings. The average Bonchev–Trinajstić information content (AvgIpc) is 3.05. The molecule has 11 atom stereocenters. The molecule has 0 aliphatic carbocycles. The highest BCUT2D eigenvalue weighted by atomic mass is 79.9. The molecule has 0 aromatic carbocycles. The zero-order chi connectivity index (χ0) is 21.2. The van der Waals surface area contributed by atoms with Crippen LogP contribution in [0.2, 0.25) is 0 Å². The van der Waals surface area contributed by atoms with Crippen LogP contribution >= 0.6 is 15.9 Å². The zero-order valence-electron chi connectivity index (χ0n) is 17.9. The van der Waals surface area contributed by atoms with Gasteiger partial charge in [-0.1, -0.05) is 43.6 Å². The Kier molecular flexibility index (Phi) is 5.77. The number of aliphatic hydroxyl groups excluding tert-OH is 2. The molecule has 3 aliphatic rings. The molecular formula is C21H35BrO6. The van der Waals surface area contributed by atoms with Crippen molar-refractivity contribution >= 4 is 21.9 Å². The van der Waals surface area contributed by atoms with E-state index in [0.717, 1.165) is 0 Å². The molecule has 0 unspecified atom stereocenters. The smallest absolute Gasteiger partial charge is 0.311 e. The quantitative estimate of drug-likeness (QED) is 0.460. The second kappa shape index (κ2) is 7.19. The van der Waals surface area contributed by atoms with E-state index in [2.05, 4.69) is 15.9 Å². The molecule has 0 amide bonds. The molecule has 3 saturated heterocycles. The molecular weight excluding hydrogens is 428 g/mol. The van der Waals surface area contributed by atoms with Crippen molar-refractivity contribution in [2.24, 2.45) is 23.7 Å². The first-order valence-corrected chi connectivity index (χ1v) is 11.2. The van der Waals surface area contributed by atoms with Gasteiger partial charge < -0.3 is 24.4 Å². The Hall–Kier alpha value is -0.210. The molecule has 0 aromatic rings. The lowest BCUT2D eigenvalue weighted by Gasteiger charge is -2.48. The van der Waals surface area contributed by atoms with Crippen molar-refractivity contribution in [2.45, 2.75) is 101 Å². The van der Waals surface area contributed by atoms with Gasteiger partial charge in [0.15, 0.2) is 5.79 Å². The number of ether oxygens (including phenoxy) is 3. The van der Waals surface area contributed by atoms with Gasteiger partial charge in [0.05, 0.1) is 34.2 Å². The van der Waals surface area contributed by atoms with Gasteiger partial charge in [0.2, 0.25) is 0 Å². The number of aliphatic hydroxyl groups is 2. The molecule has 3 rings (SSSR count). The van der Waals surface area contributed by atoms with Crippen LogP contribution < -0.4 is 0 Å². The Morgan fingerprint density at radius 1 is 1.11 bits per heavy atom. The highest BCUT2D eigenvalue weighted by Crippen LogP contribution is 2.63. The van der Waals surface area contributed by atoms with Crippen molar-refractivity contribution in [2.75, 3.05) is 0 Å². The van der Waals surface area contributed by atoms with E-state index in [0.29, 0.717) is 12.8 Å². The van der Waals surface area contributed by atoms with E-state index in [4.69, 9.17) is 14.2 Å². The second-order valence-corrected chi connectivity index (χ2v) is 11.4. The van der Waals surface area contributed by atoms with Crippen molar-refractivity contribution in [1.82, 2.24) is 0 Å². The van der Waals surface area contributed by atoms with Crippen LogP contribution in [0.4, 0.5) is 0 Å². The number of carbonyl (C=O) groups is 1. The minimum Gasteiger partial charge on any atom is -0.462 e. The lowest BCUT2D eigenvalue weighted by molar-refractivity contribution is -0.241. The lowest BCUT2D eigenvalue weighted by Crippen LogP contribution is -2.60. The Bertz CT molecular complexity index is 626. The maximum atomic E-state index is 12.7. The van der Waals surface area contributed by atoms with E-state index in [1.54, 1.807) is 6.92 Å². The standard InChI is InChI=1S/C21H35BrO6/c1-8-14-10(2)16(24)13(5)21-20(7,22)9-19(6,28-21)17(27-21)11(3)15(23)12(4)18(25)26-14/h10-17,23-24H,8-9H2,1-7H3/t10-,11-,12+,13+,14+,15-,16-,17+,19+,20-,21-/m0/s1. The molecule has 3 aliphatic heterocycles. The fourth-order valence-corrected chi connectivity index (χ4v) is 6.81. The Morgan fingerprint density at radius 3 is 2.29 bits per heavy atom. The second-order valence-electron chi connectivity index (χ2n) is 9.66. The van der Waals surface area contributed by atoms with Crippen LogP contribution in [0.5, 0.6) is 0 Å². The summed E-state index contributed by atoms with van der Waals surface area (Å²) in [6, 6.07) is 0. The summed E-state index contributed by atoms with van der Waals surface area (Å²) in [4.78, 5) is 12.7. The van der Waals surface area contributed by atoms with E-state index in [1.165, 1.54) is 0 Å². The number of hydrogen-bond acceptors (Lipinski definition) is 6. The number of alkyl halides is 1. The van der Waals surface area contributed by atoms with Gasteiger partial charge in [-0.05, 0) is 33.6 Å². The first kappa shape index (κ1) is 22.5. The number of halogens is 1. The number of cyclic esters (lactones) is 1. The van der Waals surface area contributed by atoms with Gasteiger partial charge in [-0.25, -0.2) is 0 Å². The number of esters is 1. The number of carbonyl (C=O) groups excluding carboxylic acids is 1. The fraction of sp³-hybridized carbons (Fsp3) is 0.952. The van der Waals surface area contributed by atoms with Gasteiger partial charge in [-0.15, -0.1) is 0 Å². The minimum absolute atomic E-state index is 0.305. The molecule has 3 bridgehead atoms. The van der Waals surface area contributed by atoms with Crippen molar-refractivity contribution in [1.29, 1.82) is 0 Å². The molecule has 0 aromatic heterocycles. The third-order valence-corrected chi connectivity index (χ3v) is 8.34. The Labute approximate surface area is 176 Å². The lowest BCUT2D eigenvalue weighted by atomic mass is 9.73. The molecule has 1 spiro atoms. The van der Waals surface area contributed by atoms with Crippen LogP contribution in [-0.4, -0.2) is 56.3 Å². The van der Waals surface area contributed by atoms with E-state index < -0.39 is 52.0 Å². The maximum Gasteiger partial charge on any atom is 0.311 e. The molecule has 2 N–H and O–H groups in total. The van der Waals surface area contributed by atoms with Gasteiger partial charge in [0.25, 0.3) is 0 Å². The minimum atomic E-state index is -1.03. The highest BCUT2D eigenvalue weighted by Gasteiger charge is 2.74. The van der Waals surface area contributed by atoms with Crippen LogP contribution in [0.25, 0.3) is 0 Å². The summed E-state index contributed by atoms with van der Waals surface area (Å²) in [5.74, 6) is -3.16. The normalized spacial score (nSPS) is 57.4. The molecule has 0 radical (unpaired) electrons. The summed E-state index contributed by atoms with van der Waals surface area (Å²) in [6.45, 7) is 13.4. The summed E-state index contributed by atoms with van der Waals surface area (Å²) < 4.78 is 18.4. The van der Waals surface area contributed by atoms with Crippen LogP contribution in [0, 0.1) is 23.7 Å². The summed E-state index contributed by atoms with van der Waals surface area (Å²) in [5.41, 5.74) is -0.627. The average molecular weight is 463 g/mol. The first-order chi connectivity index (χ1) is 12.8. The maximum absolute atomic E-state index is 12.7. The van der Waals surface area contributed by atoms with Crippen molar-refractivity contribution in [3.63, 3.8) is 0 Å². The number of hydrogen-bond donors (Lipinski definition) is 2.